The summed E-state index contributed by atoms with van der Waals surface area (Å²) < 4.78 is 5.74. The van der Waals surface area contributed by atoms with Gasteiger partial charge in [-0.05, 0) is 42.7 Å². The quantitative estimate of drug-likeness (QED) is 0.286. The first-order valence-electron chi connectivity index (χ1n) is 8.84. The molecule has 0 aliphatic heterocycles. The van der Waals surface area contributed by atoms with Crippen LogP contribution in [-0.2, 0) is 0 Å². The number of hydroxylamine groups is 2. The number of hydrogen-bond donors (Lipinski definition) is 3. The molecule has 0 aromatic heterocycles. The minimum atomic E-state index is -1.05. The summed E-state index contributed by atoms with van der Waals surface area (Å²) in [6.45, 7) is 4.19. The van der Waals surface area contributed by atoms with E-state index < -0.39 is 18.1 Å². The highest BCUT2D eigenvalue weighted by Crippen LogP contribution is 2.27. The van der Waals surface area contributed by atoms with Crippen LogP contribution in [0.2, 0.25) is 0 Å². The molecule has 0 spiro atoms. The molecule has 2 aromatic carbocycles. The Morgan fingerprint density at radius 3 is 2.67 bits per heavy atom. The maximum Gasteiger partial charge on any atom is 0.340 e. The molecule has 7 heteroatoms. The van der Waals surface area contributed by atoms with E-state index in [0.717, 1.165) is 24.2 Å². The van der Waals surface area contributed by atoms with Crippen LogP contribution in [0.3, 0.4) is 0 Å². The number of nitrogens with two attached hydrogens (primary N) is 1. The van der Waals surface area contributed by atoms with Crippen LogP contribution in [-0.4, -0.2) is 35.0 Å². The monoisotopic (exact) mass is 371 g/mol. The summed E-state index contributed by atoms with van der Waals surface area (Å²) in [5.41, 5.74) is 6.97. The van der Waals surface area contributed by atoms with Crippen molar-refractivity contribution >= 4 is 11.9 Å². The fraction of sp³-hybridized carbons (Fsp3) is 0.300. The fourth-order valence-corrected chi connectivity index (χ4v) is 2.54. The highest BCUT2D eigenvalue weighted by Gasteiger charge is 2.20. The number of carbonyl (C=O) groups excluding carboxylic acids is 2. The van der Waals surface area contributed by atoms with Crippen molar-refractivity contribution in [1.29, 1.82) is 0 Å². The molecule has 2 rings (SSSR count). The van der Waals surface area contributed by atoms with Crippen molar-refractivity contribution in [2.75, 3.05) is 6.61 Å². The van der Waals surface area contributed by atoms with Crippen LogP contribution in [0.25, 0.3) is 11.1 Å². The number of nitrogens with zero attached hydrogens (tertiary/aromatic N) is 1. The fourth-order valence-electron chi connectivity index (χ4n) is 2.54. The number of urea groups is 1. The van der Waals surface area contributed by atoms with Gasteiger partial charge in [-0.25, -0.2) is 4.79 Å². The molecule has 0 fully saturated rings. The summed E-state index contributed by atoms with van der Waals surface area (Å²) in [4.78, 5) is 23.7. The largest absolute Gasteiger partial charge is 0.494 e. The van der Waals surface area contributed by atoms with Crippen molar-refractivity contribution in [1.82, 2.24) is 10.4 Å². The van der Waals surface area contributed by atoms with Crippen LogP contribution in [0.1, 0.15) is 37.0 Å². The summed E-state index contributed by atoms with van der Waals surface area (Å²) in [5.74, 6) is 0.301. The van der Waals surface area contributed by atoms with Crippen LogP contribution < -0.4 is 15.8 Å². The molecule has 4 N–H and O–H groups in total. The highest BCUT2D eigenvalue weighted by molar-refractivity contribution is 6.01. The lowest BCUT2D eigenvalue weighted by atomic mass is 9.99. The lowest BCUT2D eigenvalue weighted by molar-refractivity contribution is -0.0761. The molecule has 0 heterocycles. The Morgan fingerprint density at radius 2 is 1.96 bits per heavy atom. The number of primary amides is 1. The van der Waals surface area contributed by atoms with Gasteiger partial charge in [-0.2, -0.15) is 5.06 Å². The van der Waals surface area contributed by atoms with Gasteiger partial charge in [0.05, 0.1) is 6.61 Å². The molecule has 144 valence electrons. The molecule has 27 heavy (non-hydrogen) atoms. The molecule has 1 atom stereocenters. The molecule has 3 amide bonds. The van der Waals surface area contributed by atoms with Gasteiger partial charge in [0.15, 0.2) is 0 Å². The Labute approximate surface area is 158 Å². The Morgan fingerprint density at radius 1 is 1.22 bits per heavy atom. The summed E-state index contributed by atoms with van der Waals surface area (Å²) in [5, 5.41) is 12.4. The Kier molecular flexibility index (Phi) is 7.19. The van der Waals surface area contributed by atoms with E-state index in [4.69, 9.17) is 10.5 Å². The first-order valence-corrected chi connectivity index (χ1v) is 8.84. The van der Waals surface area contributed by atoms with Crippen molar-refractivity contribution in [3.63, 3.8) is 0 Å². The van der Waals surface area contributed by atoms with Gasteiger partial charge in [-0.3, -0.25) is 10.0 Å². The molecule has 2 aromatic rings. The molecule has 7 nitrogen and oxygen atoms in total. The van der Waals surface area contributed by atoms with Crippen LogP contribution >= 0.6 is 0 Å². The van der Waals surface area contributed by atoms with E-state index in [2.05, 4.69) is 12.2 Å². The van der Waals surface area contributed by atoms with Crippen LogP contribution in [0.15, 0.2) is 48.5 Å². The van der Waals surface area contributed by atoms with E-state index in [1.54, 1.807) is 12.1 Å². The molecule has 0 bridgehead atoms. The first kappa shape index (κ1) is 20.3. The number of amides is 3. The van der Waals surface area contributed by atoms with Gasteiger partial charge < -0.3 is 15.8 Å². The van der Waals surface area contributed by atoms with Gasteiger partial charge >= 0.3 is 6.03 Å². The minimum Gasteiger partial charge on any atom is -0.494 e. The lowest BCUT2D eigenvalue weighted by Crippen LogP contribution is -2.49. The average molecular weight is 371 g/mol. The van der Waals surface area contributed by atoms with Crippen molar-refractivity contribution in [3.8, 4) is 16.9 Å². The van der Waals surface area contributed by atoms with Crippen LogP contribution in [0.5, 0.6) is 5.75 Å². The summed E-state index contributed by atoms with van der Waals surface area (Å²) in [6.07, 6.45) is 1.05. The maximum absolute atomic E-state index is 12.6. The van der Waals surface area contributed by atoms with E-state index in [1.165, 1.54) is 6.92 Å². The van der Waals surface area contributed by atoms with E-state index >= 15 is 0 Å². The Balaban J connectivity index is 2.24. The summed E-state index contributed by atoms with van der Waals surface area (Å²) in [6, 6.07) is 13.6. The molecular weight excluding hydrogens is 346 g/mol. The van der Waals surface area contributed by atoms with E-state index in [1.807, 2.05) is 36.4 Å². The van der Waals surface area contributed by atoms with Crippen LogP contribution in [0.4, 0.5) is 4.79 Å². The topological polar surface area (TPSA) is 105 Å². The second-order valence-corrected chi connectivity index (χ2v) is 6.11. The number of unbranched alkanes of at least 4 members (excludes halogenated alkanes) is 1. The highest BCUT2D eigenvalue weighted by atomic mass is 16.5. The second-order valence-electron chi connectivity index (χ2n) is 6.11. The smallest absolute Gasteiger partial charge is 0.340 e. The van der Waals surface area contributed by atoms with Crippen molar-refractivity contribution in [2.24, 2.45) is 5.73 Å². The maximum atomic E-state index is 12.6. The van der Waals surface area contributed by atoms with Crippen molar-refractivity contribution in [3.05, 3.63) is 54.1 Å². The third kappa shape index (κ3) is 5.46. The zero-order valence-electron chi connectivity index (χ0n) is 15.5. The number of hydrogen-bond acceptors (Lipinski definition) is 4. The molecule has 0 aliphatic carbocycles. The van der Waals surface area contributed by atoms with Gasteiger partial charge in [0.25, 0.3) is 5.91 Å². The normalized spacial score (nSPS) is 11.5. The SMILES string of the molecule is CCCCOc1cccc(-c2ccccc2C(=O)NC(C)N(O)C(N)=O)c1. The third-order valence-corrected chi connectivity index (χ3v) is 4.02. The van der Waals surface area contributed by atoms with E-state index in [-0.39, 0.29) is 5.06 Å². The third-order valence-electron chi connectivity index (χ3n) is 4.02. The van der Waals surface area contributed by atoms with Gasteiger partial charge in [-0.15, -0.1) is 0 Å². The number of rotatable bonds is 8. The first-order chi connectivity index (χ1) is 12.9. The molecule has 0 saturated heterocycles. The van der Waals surface area contributed by atoms with Crippen molar-refractivity contribution in [2.45, 2.75) is 32.9 Å². The van der Waals surface area contributed by atoms with Crippen LogP contribution in [0, 0.1) is 0 Å². The predicted molar refractivity (Wildman–Crippen MR) is 102 cm³/mol. The Hall–Kier alpha value is -3.06. The molecule has 0 radical (unpaired) electrons. The molecule has 0 aliphatic rings. The van der Waals surface area contributed by atoms with Gasteiger partial charge in [0.2, 0.25) is 0 Å². The Bertz CT molecular complexity index is 794. The number of nitrogens with one attached hydrogen (secondary N) is 1. The predicted octanol–water partition coefficient (Wildman–Crippen LogP) is 3.38. The second kappa shape index (κ2) is 9.59. The summed E-state index contributed by atoms with van der Waals surface area (Å²) >= 11 is 0. The number of benzene rings is 2. The minimum absolute atomic E-state index is 0.267. The summed E-state index contributed by atoms with van der Waals surface area (Å²) in [7, 11) is 0. The standard InChI is InChI=1S/C20H25N3O4/c1-3-4-12-27-16-9-7-8-15(13-16)17-10-5-6-11-18(17)19(24)22-14(2)23(26)20(21)25/h5-11,13-14,26H,3-4,12H2,1-2H3,(H2,21,25)(H,22,24). The van der Waals surface area contributed by atoms with Gasteiger partial charge in [-0.1, -0.05) is 43.7 Å². The number of ether oxygens (including phenoxy) is 1. The zero-order chi connectivity index (χ0) is 19.8. The van der Waals surface area contributed by atoms with Crippen molar-refractivity contribution < 1.29 is 19.5 Å². The van der Waals surface area contributed by atoms with E-state index in [0.29, 0.717) is 17.7 Å². The molecular formula is C20H25N3O4. The molecule has 1 unspecified atom stereocenters. The zero-order valence-corrected chi connectivity index (χ0v) is 15.5. The lowest BCUT2D eigenvalue weighted by Gasteiger charge is -2.22. The van der Waals surface area contributed by atoms with Gasteiger partial charge in [0.1, 0.15) is 11.9 Å². The number of carbonyl (C=O) groups is 2. The average Bonchev–Trinajstić information content (AvgIpc) is 2.67. The van der Waals surface area contributed by atoms with E-state index in [9.17, 15) is 14.8 Å². The van der Waals surface area contributed by atoms with Gasteiger partial charge in [0, 0.05) is 5.56 Å². The molecule has 0 saturated carbocycles.